The molecule has 1 atom stereocenters. The summed E-state index contributed by atoms with van der Waals surface area (Å²) in [5.41, 5.74) is 9.39. The Balaban J connectivity index is 1.46. The molecular weight excluding hydrogens is 488 g/mol. The zero-order valence-electron chi connectivity index (χ0n) is 20.7. The normalized spacial score (nSPS) is 15.1. The molecule has 3 aromatic rings. The van der Waals surface area contributed by atoms with Gasteiger partial charge >= 0.3 is 0 Å². The van der Waals surface area contributed by atoms with Crippen LogP contribution in [0.25, 0.3) is 6.08 Å². The number of para-hydroxylation sites is 2. The number of methoxy groups -OCH3 is 1. The van der Waals surface area contributed by atoms with Gasteiger partial charge in [-0.05, 0) is 65.6 Å². The summed E-state index contributed by atoms with van der Waals surface area (Å²) in [6.45, 7) is 0.194. The number of rotatable bonds is 8. The van der Waals surface area contributed by atoms with Crippen molar-refractivity contribution in [1.29, 1.82) is 0 Å². The van der Waals surface area contributed by atoms with Gasteiger partial charge in [0.15, 0.2) is 11.6 Å². The molecule has 0 fully saturated rings. The molecule has 0 bridgehead atoms. The van der Waals surface area contributed by atoms with Crippen molar-refractivity contribution in [2.75, 3.05) is 18.2 Å². The lowest BCUT2D eigenvalue weighted by molar-refractivity contribution is -0.117. The fourth-order valence-corrected chi connectivity index (χ4v) is 3.88. The maximum Gasteiger partial charge on any atom is 0.255 e. The van der Waals surface area contributed by atoms with Crippen molar-refractivity contribution in [3.05, 3.63) is 124 Å². The quantitative estimate of drug-likeness (QED) is 0.277. The molecule has 0 radical (unpaired) electrons. The summed E-state index contributed by atoms with van der Waals surface area (Å²) in [7, 11) is 1.60. The highest BCUT2D eigenvalue weighted by molar-refractivity contribution is 6.06. The van der Waals surface area contributed by atoms with Gasteiger partial charge in [0.05, 0.1) is 17.5 Å². The summed E-state index contributed by atoms with van der Waals surface area (Å²) in [6.07, 6.45) is 7.48. The number of allylic oxidation sites excluding steroid dienone is 1. The molecule has 4 rings (SSSR count). The first-order chi connectivity index (χ1) is 18.3. The third kappa shape index (κ3) is 6.60. The third-order valence-electron chi connectivity index (χ3n) is 6.05. The van der Waals surface area contributed by atoms with E-state index in [1.165, 1.54) is 12.1 Å². The number of carbonyl (C=O) groups is 2. The monoisotopic (exact) mass is 515 g/mol. The summed E-state index contributed by atoms with van der Waals surface area (Å²) < 4.78 is 32.5. The van der Waals surface area contributed by atoms with Gasteiger partial charge in [0.25, 0.3) is 11.8 Å². The minimum Gasteiger partial charge on any atom is -0.397 e. The van der Waals surface area contributed by atoms with Gasteiger partial charge in [-0.25, -0.2) is 8.78 Å². The smallest absolute Gasteiger partial charge is 0.255 e. The Kier molecular flexibility index (Phi) is 8.45. The van der Waals surface area contributed by atoms with Crippen LogP contribution in [0.3, 0.4) is 0 Å². The first kappa shape index (κ1) is 26.5. The van der Waals surface area contributed by atoms with Crippen molar-refractivity contribution < 1.29 is 23.1 Å². The summed E-state index contributed by atoms with van der Waals surface area (Å²) in [6, 6.07) is 17.2. The Morgan fingerprint density at radius 1 is 1.05 bits per heavy atom. The lowest BCUT2D eigenvalue weighted by Crippen LogP contribution is -2.25. The van der Waals surface area contributed by atoms with Crippen molar-refractivity contribution in [2.45, 2.75) is 19.1 Å². The average Bonchev–Trinajstić information content (AvgIpc) is 2.94. The summed E-state index contributed by atoms with van der Waals surface area (Å²) in [4.78, 5) is 25.8. The number of nitrogens with one attached hydrogen (secondary N) is 2. The molecule has 2 amide bonds. The first-order valence-electron chi connectivity index (χ1n) is 12.0. The molecule has 38 heavy (non-hydrogen) atoms. The fourth-order valence-electron chi connectivity index (χ4n) is 3.88. The number of amides is 2. The number of anilines is 2. The number of halogens is 2. The Bertz CT molecular complexity index is 1430. The van der Waals surface area contributed by atoms with E-state index in [1.807, 2.05) is 12.2 Å². The molecule has 1 aliphatic carbocycles. The molecule has 0 aromatic heterocycles. The SMILES string of the molecule is COC1C=CC(/C(=C\c2ccc(F)c(F)c2)C(=O)NCc2ccc(C(=O)Nc3ccccc3N)cc2)=CC1. The van der Waals surface area contributed by atoms with Gasteiger partial charge in [0, 0.05) is 24.8 Å². The van der Waals surface area contributed by atoms with Crippen LogP contribution in [0.15, 0.2) is 96.1 Å². The zero-order valence-corrected chi connectivity index (χ0v) is 20.7. The van der Waals surface area contributed by atoms with Gasteiger partial charge in [-0.3, -0.25) is 9.59 Å². The van der Waals surface area contributed by atoms with Crippen molar-refractivity contribution >= 4 is 29.3 Å². The molecule has 0 saturated heterocycles. The summed E-state index contributed by atoms with van der Waals surface area (Å²) >= 11 is 0. The molecule has 6 nitrogen and oxygen atoms in total. The van der Waals surface area contributed by atoms with Crippen molar-refractivity contribution in [3.63, 3.8) is 0 Å². The van der Waals surface area contributed by atoms with Crippen LogP contribution in [0.1, 0.15) is 27.9 Å². The highest BCUT2D eigenvalue weighted by Crippen LogP contribution is 2.23. The molecule has 1 aliphatic rings. The van der Waals surface area contributed by atoms with Crippen LogP contribution in [-0.4, -0.2) is 25.0 Å². The second-order valence-electron chi connectivity index (χ2n) is 8.68. The van der Waals surface area contributed by atoms with Crippen LogP contribution in [0.2, 0.25) is 0 Å². The molecule has 0 heterocycles. The minimum absolute atomic E-state index is 0.0969. The molecule has 1 unspecified atom stereocenters. The fraction of sp³-hybridized carbons (Fsp3) is 0.133. The third-order valence-corrected chi connectivity index (χ3v) is 6.05. The van der Waals surface area contributed by atoms with Crippen LogP contribution < -0.4 is 16.4 Å². The Morgan fingerprint density at radius 3 is 2.47 bits per heavy atom. The average molecular weight is 516 g/mol. The molecule has 194 valence electrons. The second-order valence-corrected chi connectivity index (χ2v) is 8.68. The molecule has 8 heteroatoms. The topological polar surface area (TPSA) is 93.4 Å². The highest BCUT2D eigenvalue weighted by atomic mass is 19.2. The Hall–Kier alpha value is -4.56. The van der Waals surface area contributed by atoms with Gasteiger partial charge < -0.3 is 21.1 Å². The van der Waals surface area contributed by atoms with Crippen LogP contribution in [0.4, 0.5) is 20.2 Å². The predicted molar refractivity (Wildman–Crippen MR) is 144 cm³/mol. The number of nitrogen functional groups attached to an aromatic ring is 1. The number of ether oxygens (including phenoxy) is 1. The van der Waals surface area contributed by atoms with E-state index in [1.54, 1.807) is 61.7 Å². The number of hydrogen-bond donors (Lipinski definition) is 3. The van der Waals surface area contributed by atoms with E-state index in [-0.39, 0.29) is 24.5 Å². The van der Waals surface area contributed by atoms with Crippen molar-refractivity contribution in [3.8, 4) is 0 Å². The van der Waals surface area contributed by atoms with E-state index in [4.69, 9.17) is 10.5 Å². The lowest BCUT2D eigenvalue weighted by atomic mass is 9.95. The van der Waals surface area contributed by atoms with Crippen LogP contribution in [-0.2, 0) is 16.1 Å². The minimum atomic E-state index is -0.995. The zero-order chi connectivity index (χ0) is 27.1. The largest absolute Gasteiger partial charge is 0.397 e. The first-order valence-corrected chi connectivity index (χ1v) is 12.0. The van der Waals surface area contributed by atoms with Gasteiger partial charge in [0.2, 0.25) is 0 Å². The summed E-state index contributed by atoms with van der Waals surface area (Å²) in [5.74, 6) is -2.65. The van der Waals surface area contributed by atoms with Crippen LogP contribution in [0, 0.1) is 11.6 Å². The van der Waals surface area contributed by atoms with Crippen molar-refractivity contribution in [2.24, 2.45) is 0 Å². The highest BCUT2D eigenvalue weighted by Gasteiger charge is 2.17. The van der Waals surface area contributed by atoms with E-state index in [9.17, 15) is 18.4 Å². The van der Waals surface area contributed by atoms with Crippen LogP contribution in [0.5, 0.6) is 0 Å². The number of hydrogen-bond acceptors (Lipinski definition) is 4. The van der Waals surface area contributed by atoms with Crippen molar-refractivity contribution in [1.82, 2.24) is 5.32 Å². The second kappa shape index (κ2) is 12.1. The maximum atomic E-state index is 13.8. The number of benzene rings is 3. The van der Waals surface area contributed by atoms with Crippen LogP contribution >= 0.6 is 0 Å². The molecule has 0 saturated carbocycles. The molecule has 4 N–H and O–H groups in total. The number of carbonyl (C=O) groups excluding carboxylic acids is 2. The van der Waals surface area contributed by atoms with E-state index in [0.717, 1.165) is 17.7 Å². The van der Waals surface area contributed by atoms with Gasteiger partial charge in [-0.2, -0.15) is 0 Å². The predicted octanol–water partition coefficient (Wildman–Crippen LogP) is 5.40. The lowest BCUT2D eigenvalue weighted by Gasteiger charge is -2.17. The summed E-state index contributed by atoms with van der Waals surface area (Å²) in [5, 5.41) is 5.64. The molecule has 0 aliphatic heterocycles. The van der Waals surface area contributed by atoms with E-state index >= 15 is 0 Å². The van der Waals surface area contributed by atoms with Gasteiger partial charge in [-0.1, -0.05) is 48.6 Å². The Labute approximate surface area is 219 Å². The van der Waals surface area contributed by atoms with E-state index < -0.39 is 11.6 Å². The number of nitrogens with two attached hydrogens (primary N) is 1. The van der Waals surface area contributed by atoms with Gasteiger partial charge in [0.1, 0.15) is 0 Å². The maximum absolute atomic E-state index is 13.8. The Morgan fingerprint density at radius 2 is 1.82 bits per heavy atom. The van der Waals surface area contributed by atoms with E-state index in [2.05, 4.69) is 10.6 Å². The van der Waals surface area contributed by atoms with Gasteiger partial charge in [-0.15, -0.1) is 0 Å². The van der Waals surface area contributed by atoms with E-state index in [0.29, 0.717) is 40.1 Å². The standard InChI is InChI=1S/C30H27F2N3O3/c1-38-23-13-11-21(12-14-23)24(16-20-8-15-25(31)26(32)17-20)30(37)34-18-19-6-9-22(10-7-19)29(36)35-28-5-3-2-4-27(28)33/h2-13,15-17,23H,14,18,33H2,1H3,(H,34,37)(H,35,36)/b24-16+. The molecule has 3 aromatic carbocycles. The molecular formula is C30H27F2N3O3. The molecule has 0 spiro atoms.